The fraction of sp³-hybridized carbons (Fsp3) is 0.312. The van der Waals surface area contributed by atoms with E-state index >= 15 is 0 Å². The Morgan fingerprint density at radius 1 is 1.05 bits per heavy atom. The number of thioether (sulfide) groups is 1. The molecule has 2 aliphatic rings. The van der Waals surface area contributed by atoms with Gasteiger partial charge in [0, 0.05) is 35.5 Å². The van der Waals surface area contributed by atoms with Crippen molar-refractivity contribution in [1.82, 2.24) is 20.1 Å². The maximum absolute atomic E-state index is 13.0. The van der Waals surface area contributed by atoms with Gasteiger partial charge in [0.2, 0.25) is 0 Å². The normalized spacial score (nSPS) is 19.2. The third-order valence-corrected chi connectivity index (χ3v) is 8.68. The summed E-state index contributed by atoms with van der Waals surface area (Å²) in [5.74, 6) is 1.31. The molecule has 228 valence electrons. The minimum Gasteiger partial charge on any atom is -0.406 e. The van der Waals surface area contributed by atoms with Gasteiger partial charge in [-0.25, -0.2) is 14.5 Å². The molecule has 0 spiro atoms. The summed E-state index contributed by atoms with van der Waals surface area (Å²) < 4.78 is 42.7. The molecular formula is C32H31F3N6O2S. The van der Waals surface area contributed by atoms with Crippen molar-refractivity contribution in [2.45, 2.75) is 51.9 Å². The van der Waals surface area contributed by atoms with Gasteiger partial charge in [-0.2, -0.15) is 4.99 Å². The molecule has 1 aliphatic carbocycles. The molecule has 6 rings (SSSR count). The van der Waals surface area contributed by atoms with Gasteiger partial charge in [-0.15, -0.1) is 18.3 Å². The van der Waals surface area contributed by atoms with E-state index in [2.05, 4.69) is 62.9 Å². The molecule has 0 bridgehead atoms. The largest absolute Gasteiger partial charge is 0.573 e. The van der Waals surface area contributed by atoms with E-state index in [0.29, 0.717) is 11.5 Å². The molecule has 8 nitrogen and oxygen atoms in total. The number of nitrogens with zero attached hydrogens (tertiary/aromatic N) is 5. The molecule has 2 heterocycles. The van der Waals surface area contributed by atoms with Crippen LogP contribution in [0.3, 0.4) is 0 Å². The van der Waals surface area contributed by atoms with Gasteiger partial charge in [-0.1, -0.05) is 53.7 Å². The Morgan fingerprint density at radius 3 is 2.43 bits per heavy atom. The summed E-state index contributed by atoms with van der Waals surface area (Å²) in [6, 6.07) is 17.3. The van der Waals surface area contributed by atoms with Crippen LogP contribution in [0, 0.1) is 20.8 Å². The average molecular weight is 621 g/mol. The molecule has 1 N–H and O–H groups in total. The van der Waals surface area contributed by atoms with E-state index in [1.54, 1.807) is 11.8 Å². The van der Waals surface area contributed by atoms with Gasteiger partial charge in [0.05, 0.1) is 5.69 Å². The van der Waals surface area contributed by atoms with Crippen molar-refractivity contribution in [2.75, 3.05) is 17.2 Å². The fourth-order valence-electron chi connectivity index (χ4n) is 5.66. The van der Waals surface area contributed by atoms with Crippen LogP contribution in [0.15, 0.2) is 72.0 Å². The number of anilines is 1. The summed E-state index contributed by atoms with van der Waals surface area (Å²) in [6.07, 6.45) is -1.37. The Labute approximate surface area is 257 Å². The van der Waals surface area contributed by atoms with Crippen molar-refractivity contribution in [3.05, 3.63) is 89.2 Å². The van der Waals surface area contributed by atoms with Crippen molar-refractivity contribution < 1.29 is 22.7 Å². The first-order valence-electron chi connectivity index (χ1n) is 14.3. The molecular weight excluding hydrogens is 589 g/mol. The van der Waals surface area contributed by atoms with E-state index in [4.69, 9.17) is 0 Å². The molecule has 2 amide bonds. The lowest BCUT2D eigenvalue weighted by Gasteiger charge is -2.32. The monoisotopic (exact) mass is 620 g/mol. The zero-order chi connectivity index (χ0) is 31.0. The summed E-state index contributed by atoms with van der Waals surface area (Å²) in [4.78, 5) is 24.0. The Hall–Kier alpha value is -4.32. The van der Waals surface area contributed by atoms with Crippen molar-refractivity contribution in [3.63, 3.8) is 0 Å². The van der Waals surface area contributed by atoms with Crippen LogP contribution in [0.4, 0.5) is 23.7 Å². The molecule has 12 heteroatoms. The summed E-state index contributed by atoms with van der Waals surface area (Å²) in [5, 5.41) is 8.28. The smallest absolute Gasteiger partial charge is 0.406 e. The van der Waals surface area contributed by atoms with Crippen LogP contribution < -0.4 is 15.0 Å². The minimum atomic E-state index is -4.74. The standard InChI is InChI=1S/C32H31F3N6O2S/c1-19-15-20(2)28(21(3)16-19)40-13-4-14-44-31(40)38-30(42)37-27-17-26(27)22-5-7-23(8-6-22)29-36-18-41(39-29)24-9-11-25(12-10-24)43-32(33,34)35/h5-12,15-16,18,26-27H,4,13-14,17H2,1-3H3,(H,37,42). The van der Waals surface area contributed by atoms with Gasteiger partial charge in [0.1, 0.15) is 12.1 Å². The van der Waals surface area contributed by atoms with Gasteiger partial charge < -0.3 is 15.0 Å². The fourth-order valence-corrected chi connectivity index (χ4v) is 6.60. The first-order chi connectivity index (χ1) is 21.0. The lowest BCUT2D eigenvalue weighted by atomic mass is 10.0. The Bertz CT molecular complexity index is 1680. The van der Waals surface area contributed by atoms with Gasteiger partial charge >= 0.3 is 12.4 Å². The maximum atomic E-state index is 13.0. The van der Waals surface area contributed by atoms with Crippen LogP contribution in [0.25, 0.3) is 17.1 Å². The van der Waals surface area contributed by atoms with Crippen LogP contribution in [-0.4, -0.2) is 50.7 Å². The van der Waals surface area contributed by atoms with Crippen molar-refractivity contribution in [3.8, 4) is 22.8 Å². The lowest BCUT2D eigenvalue weighted by Crippen LogP contribution is -2.37. The van der Waals surface area contributed by atoms with Crippen LogP contribution in [0.5, 0.6) is 5.75 Å². The number of alkyl halides is 3. The van der Waals surface area contributed by atoms with Crippen molar-refractivity contribution in [1.29, 1.82) is 0 Å². The van der Waals surface area contributed by atoms with Crippen molar-refractivity contribution in [2.24, 2.45) is 4.99 Å². The summed E-state index contributed by atoms with van der Waals surface area (Å²) in [6.45, 7) is 7.13. The number of rotatable bonds is 6. The average Bonchev–Trinajstić information content (AvgIpc) is 3.54. The number of halogens is 3. The minimum absolute atomic E-state index is 0.0178. The quantitative estimate of drug-likeness (QED) is 0.243. The van der Waals surface area contributed by atoms with Crippen LogP contribution >= 0.6 is 11.8 Å². The predicted molar refractivity (Wildman–Crippen MR) is 166 cm³/mol. The number of aromatic nitrogens is 3. The maximum Gasteiger partial charge on any atom is 0.573 e. The Morgan fingerprint density at radius 2 is 1.75 bits per heavy atom. The molecule has 1 saturated carbocycles. The third-order valence-electron chi connectivity index (χ3n) is 7.61. The predicted octanol–water partition coefficient (Wildman–Crippen LogP) is 7.32. The van der Waals surface area contributed by atoms with E-state index < -0.39 is 6.36 Å². The van der Waals surface area contributed by atoms with Crippen LogP contribution in [0.2, 0.25) is 0 Å². The molecule has 1 saturated heterocycles. The number of carbonyl (C=O) groups excluding carboxylic acids is 1. The molecule has 2 fully saturated rings. The first-order valence-corrected chi connectivity index (χ1v) is 15.3. The Balaban J connectivity index is 1.07. The second kappa shape index (κ2) is 12.0. The van der Waals surface area contributed by atoms with E-state index in [1.165, 1.54) is 52.0 Å². The van der Waals surface area contributed by atoms with E-state index in [-0.39, 0.29) is 23.7 Å². The second-order valence-corrected chi connectivity index (χ2v) is 12.1. The van der Waals surface area contributed by atoms with Gasteiger partial charge in [0.15, 0.2) is 11.0 Å². The number of ether oxygens (including phenoxy) is 1. The molecule has 2 unspecified atom stereocenters. The van der Waals surface area contributed by atoms with Gasteiger partial charge in [-0.3, -0.25) is 0 Å². The highest BCUT2D eigenvalue weighted by Crippen LogP contribution is 2.41. The third kappa shape index (κ3) is 6.75. The highest BCUT2D eigenvalue weighted by atomic mass is 32.2. The first kappa shape index (κ1) is 29.7. The molecule has 4 aromatic rings. The summed E-state index contributed by atoms with van der Waals surface area (Å²) in [7, 11) is 0. The Kier molecular flexibility index (Phi) is 8.10. The molecule has 0 radical (unpaired) electrons. The summed E-state index contributed by atoms with van der Waals surface area (Å²) >= 11 is 1.62. The zero-order valence-electron chi connectivity index (χ0n) is 24.4. The number of urea groups is 1. The van der Waals surface area contributed by atoms with E-state index in [1.807, 2.05) is 24.3 Å². The van der Waals surface area contributed by atoms with E-state index in [0.717, 1.165) is 47.1 Å². The zero-order valence-corrected chi connectivity index (χ0v) is 25.2. The second-order valence-electron chi connectivity index (χ2n) is 11.1. The number of hydrogen-bond donors (Lipinski definition) is 1. The number of nitrogens with one attached hydrogen (secondary N) is 1. The molecule has 1 aliphatic heterocycles. The van der Waals surface area contributed by atoms with Crippen LogP contribution in [-0.2, 0) is 0 Å². The van der Waals surface area contributed by atoms with E-state index in [9.17, 15) is 18.0 Å². The number of benzene rings is 3. The molecule has 1 aromatic heterocycles. The topological polar surface area (TPSA) is 84.6 Å². The number of aryl methyl sites for hydroxylation is 3. The number of hydrogen-bond acceptors (Lipinski definition) is 5. The number of aliphatic imine (C=N–C) groups is 1. The SMILES string of the molecule is Cc1cc(C)c(N2CCCSC2=NC(=O)NC2CC2c2ccc(-c3ncn(-c4ccc(OC(F)(F)F)cc4)n3)cc2)c(C)c1. The van der Waals surface area contributed by atoms with Gasteiger partial charge in [0.25, 0.3) is 0 Å². The summed E-state index contributed by atoms with van der Waals surface area (Å²) in [5.41, 5.74) is 7.16. The number of carbonyl (C=O) groups is 1. The molecule has 3 aromatic carbocycles. The number of amidine groups is 1. The van der Waals surface area contributed by atoms with Gasteiger partial charge in [-0.05, 0) is 74.6 Å². The molecule has 44 heavy (non-hydrogen) atoms. The van der Waals surface area contributed by atoms with Crippen molar-refractivity contribution >= 4 is 28.6 Å². The molecule has 2 atom stereocenters. The number of amides is 2. The van der Waals surface area contributed by atoms with Crippen LogP contribution in [0.1, 0.15) is 41.0 Å². The lowest BCUT2D eigenvalue weighted by molar-refractivity contribution is -0.274. The highest BCUT2D eigenvalue weighted by molar-refractivity contribution is 8.14. The highest BCUT2D eigenvalue weighted by Gasteiger charge is 2.40.